The van der Waals surface area contributed by atoms with Crippen LogP contribution in [0.5, 0.6) is 11.1 Å². The summed E-state index contributed by atoms with van der Waals surface area (Å²) in [6.45, 7) is 2.93. The number of hydrogen-bond acceptors (Lipinski definition) is 7. The Morgan fingerprint density at radius 2 is 2.07 bits per heavy atom. The van der Waals surface area contributed by atoms with E-state index in [1.165, 1.54) is 6.92 Å². The Kier molecular flexibility index (Phi) is 6.78. The first-order valence-corrected chi connectivity index (χ1v) is 9.98. The van der Waals surface area contributed by atoms with Gasteiger partial charge in [-0.3, -0.25) is 4.79 Å². The minimum atomic E-state index is -4.41. The van der Waals surface area contributed by atoms with Gasteiger partial charge in [0.2, 0.25) is 11.8 Å². The molecule has 0 spiro atoms. The van der Waals surface area contributed by atoms with Crippen LogP contribution in [0, 0.1) is 5.92 Å². The van der Waals surface area contributed by atoms with Gasteiger partial charge in [0.25, 0.3) is 5.19 Å². The van der Waals surface area contributed by atoms with Crippen molar-refractivity contribution in [3.63, 3.8) is 0 Å². The van der Waals surface area contributed by atoms with Crippen LogP contribution in [0.2, 0.25) is 0 Å². The lowest BCUT2D eigenvalue weighted by Gasteiger charge is -2.35. The molecule has 0 aliphatic heterocycles. The fourth-order valence-corrected chi connectivity index (χ4v) is 3.67. The van der Waals surface area contributed by atoms with Crippen LogP contribution in [0.15, 0.2) is 12.1 Å². The second-order valence-electron chi connectivity index (χ2n) is 7.06. The zero-order valence-electron chi connectivity index (χ0n) is 16.0. The van der Waals surface area contributed by atoms with Crippen LogP contribution in [0.1, 0.15) is 26.7 Å². The number of carbonyl (C=O) groups is 1. The largest absolute Gasteiger partial charge is 0.477 e. The smallest absolute Gasteiger partial charge is 0.422 e. The van der Waals surface area contributed by atoms with Crippen LogP contribution in [0.4, 0.5) is 13.2 Å². The van der Waals surface area contributed by atoms with E-state index in [-0.39, 0.29) is 23.2 Å². The molecule has 1 saturated carbocycles. The Morgan fingerprint density at radius 1 is 1.31 bits per heavy atom. The number of hydrogen-bond donors (Lipinski definition) is 1. The van der Waals surface area contributed by atoms with Crippen LogP contribution in [0.25, 0.3) is 10.3 Å². The van der Waals surface area contributed by atoms with E-state index < -0.39 is 12.8 Å². The van der Waals surface area contributed by atoms with E-state index in [9.17, 15) is 18.0 Å². The lowest BCUT2D eigenvalue weighted by atomic mass is 9.83. The predicted octanol–water partition coefficient (Wildman–Crippen LogP) is 3.33. The van der Waals surface area contributed by atoms with Crippen LogP contribution < -0.4 is 14.8 Å². The number of nitrogens with zero attached hydrogens (tertiary/aromatic N) is 2. The molecule has 7 nitrogen and oxygen atoms in total. The van der Waals surface area contributed by atoms with Gasteiger partial charge in [0.15, 0.2) is 11.4 Å². The molecule has 160 valence electrons. The van der Waals surface area contributed by atoms with E-state index in [1.54, 1.807) is 12.1 Å². The third-order valence-electron chi connectivity index (χ3n) is 4.26. The maximum Gasteiger partial charge on any atom is 0.422 e. The summed E-state index contributed by atoms with van der Waals surface area (Å²) in [5.41, 5.74) is 0.463. The summed E-state index contributed by atoms with van der Waals surface area (Å²) < 4.78 is 52.8. The summed E-state index contributed by atoms with van der Waals surface area (Å²) in [4.78, 5) is 19.7. The standard InChI is InChI=1S/C18H22F3N3O4S/c1-10(22-11(2)25)7-26-13-5-12(6-13)8-27-15-4-3-14-16(24-15)29-17(23-14)28-9-18(19,20)21/h3-4,10,12-13H,5-9H2,1-2H3,(H,22,25)/t10-,12-,13-/m0/s1. The van der Waals surface area contributed by atoms with Crippen LogP contribution in [-0.4, -0.2) is 54.0 Å². The molecule has 11 heteroatoms. The third kappa shape index (κ3) is 6.70. The number of ether oxygens (including phenoxy) is 3. The first-order chi connectivity index (χ1) is 13.7. The van der Waals surface area contributed by atoms with Crippen molar-refractivity contribution >= 4 is 27.6 Å². The minimum Gasteiger partial charge on any atom is -0.477 e. The summed E-state index contributed by atoms with van der Waals surface area (Å²) in [5, 5.41) is 2.70. The Hall–Kier alpha value is -2.14. The second-order valence-corrected chi connectivity index (χ2v) is 8.00. The normalized spacial score (nSPS) is 20.2. The minimum absolute atomic E-state index is 0.0249. The summed E-state index contributed by atoms with van der Waals surface area (Å²) in [6, 6.07) is 3.25. The highest BCUT2D eigenvalue weighted by molar-refractivity contribution is 7.19. The van der Waals surface area contributed by atoms with Crippen molar-refractivity contribution in [1.82, 2.24) is 15.3 Å². The summed E-state index contributed by atoms with van der Waals surface area (Å²) in [7, 11) is 0. The Morgan fingerprint density at radius 3 is 2.76 bits per heavy atom. The van der Waals surface area contributed by atoms with E-state index in [1.807, 2.05) is 6.92 Å². The van der Waals surface area contributed by atoms with Gasteiger partial charge in [-0.2, -0.15) is 13.2 Å². The maximum absolute atomic E-state index is 12.2. The predicted molar refractivity (Wildman–Crippen MR) is 100 cm³/mol. The van der Waals surface area contributed by atoms with Gasteiger partial charge in [-0.25, -0.2) is 9.97 Å². The maximum atomic E-state index is 12.2. The average molecular weight is 433 g/mol. The van der Waals surface area contributed by atoms with Gasteiger partial charge < -0.3 is 19.5 Å². The van der Waals surface area contributed by atoms with E-state index in [0.717, 1.165) is 24.2 Å². The number of nitrogens with one attached hydrogen (secondary N) is 1. The van der Waals surface area contributed by atoms with Crippen molar-refractivity contribution in [1.29, 1.82) is 0 Å². The van der Waals surface area contributed by atoms with Gasteiger partial charge >= 0.3 is 6.18 Å². The van der Waals surface area contributed by atoms with Crippen molar-refractivity contribution < 1.29 is 32.2 Å². The quantitative estimate of drug-likeness (QED) is 0.653. The molecule has 0 aromatic carbocycles. The number of aromatic nitrogens is 2. The number of fused-ring (bicyclic) bond motifs is 1. The molecular weight excluding hydrogens is 411 g/mol. The second kappa shape index (κ2) is 9.12. The van der Waals surface area contributed by atoms with Gasteiger partial charge in [-0.15, -0.1) is 0 Å². The number of alkyl halides is 3. The number of amides is 1. The van der Waals surface area contributed by atoms with Crippen molar-refractivity contribution in [2.45, 2.75) is 45.0 Å². The number of thiazole rings is 1. The topological polar surface area (TPSA) is 82.6 Å². The average Bonchev–Trinajstić information content (AvgIpc) is 2.99. The van der Waals surface area contributed by atoms with Crippen molar-refractivity contribution in [2.75, 3.05) is 19.8 Å². The molecule has 1 fully saturated rings. The van der Waals surface area contributed by atoms with E-state index in [4.69, 9.17) is 9.47 Å². The lowest BCUT2D eigenvalue weighted by Crippen LogP contribution is -2.40. The molecule has 3 rings (SSSR count). The van der Waals surface area contributed by atoms with Gasteiger partial charge in [0.1, 0.15) is 5.52 Å². The monoisotopic (exact) mass is 433 g/mol. The molecule has 0 radical (unpaired) electrons. The fraction of sp³-hybridized carbons (Fsp3) is 0.611. The van der Waals surface area contributed by atoms with Crippen molar-refractivity contribution in [3.05, 3.63) is 12.1 Å². The molecule has 2 heterocycles. The molecule has 0 saturated heterocycles. The third-order valence-corrected chi connectivity index (χ3v) is 5.14. The Bertz CT molecular complexity index is 839. The van der Waals surface area contributed by atoms with Gasteiger partial charge in [0.05, 0.1) is 19.3 Å². The van der Waals surface area contributed by atoms with Gasteiger partial charge in [0, 0.05) is 19.0 Å². The molecule has 1 amide bonds. The van der Waals surface area contributed by atoms with E-state index >= 15 is 0 Å². The number of rotatable bonds is 9. The molecule has 0 bridgehead atoms. The molecule has 2 aromatic rings. The van der Waals surface area contributed by atoms with Gasteiger partial charge in [-0.1, -0.05) is 11.3 Å². The highest BCUT2D eigenvalue weighted by atomic mass is 32.1. The molecule has 1 atom stereocenters. The van der Waals surface area contributed by atoms with Crippen LogP contribution >= 0.6 is 11.3 Å². The summed E-state index contributed by atoms with van der Waals surface area (Å²) in [6.07, 6.45) is -2.52. The van der Waals surface area contributed by atoms with Crippen molar-refractivity contribution in [3.8, 4) is 11.1 Å². The molecule has 1 aliphatic rings. The van der Waals surface area contributed by atoms with Gasteiger partial charge in [-0.05, 0) is 31.7 Å². The molecule has 1 N–H and O–H groups in total. The zero-order chi connectivity index (χ0) is 21.0. The Balaban J connectivity index is 1.40. The van der Waals surface area contributed by atoms with E-state index in [2.05, 4.69) is 20.0 Å². The van der Waals surface area contributed by atoms with Crippen LogP contribution in [-0.2, 0) is 9.53 Å². The molecule has 29 heavy (non-hydrogen) atoms. The number of halogens is 3. The first-order valence-electron chi connectivity index (χ1n) is 9.16. The highest BCUT2D eigenvalue weighted by Crippen LogP contribution is 2.32. The summed E-state index contributed by atoms with van der Waals surface area (Å²) >= 11 is 0.946. The first kappa shape index (κ1) is 21.6. The fourth-order valence-electron chi connectivity index (χ4n) is 2.88. The lowest BCUT2D eigenvalue weighted by molar-refractivity contribution is -0.153. The Labute approximate surface area is 169 Å². The number of carbonyl (C=O) groups excluding carboxylic acids is 1. The van der Waals surface area contributed by atoms with E-state index in [0.29, 0.717) is 35.4 Å². The molecule has 0 unspecified atom stereocenters. The number of pyridine rings is 1. The van der Waals surface area contributed by atoms with Crippen LogP contribution in [0.3, 0.4) is 0 Å². The SMILES string of the molecule is CC(=O)N[C@@H](C)CO[C@H]1C[C@H](COc2ccc3nc(OCC(F)(F)F)sc3n2)C1. The molecular formula is C18H22F3N3O4S. The zero-order valence-corrected chi connectivity index (χ0v) is 16.8. The summed E-state index contributed by atoms with van der Waals surface area (Å²) in [5.74, 6) is 0.665. The molecule has 1 aliphatic carbocycles. The highest BCUT2D eigenvalue weighted by Gasteiger charge is 2.31. The van der Waals surface area contributed by atoms with Crippen molar-refractivity contribution in [2.24, 2.45) is 5.92 Å². The molecule has 2 aromatic heterocycles.